The van der Waals surface area contributed by atoms with Crippen LogP contribution in [0.15, 0.2) is 11.1 Å². The van der Waals surface area contributed by atoms with E-state index in [9.17, 15) is 0 Å². The Kier molecular flexibility index (Phi) is 5.05. The third-order valence-electron chi connectivity index (χ3n) is 2.06. The zero-order valence-corrected chi connectivity index (χ0v) is 10.3. The van der Waals surface area contributed by atoms with Crippen LogP contribution in [-0.4, -0.2) is 27.4 Å². The summed E-state index contributed by atoms with van der Waals surface area (Å²) in [5.41, 5.74) is 1.08. The zero-order valence-electron chi connectivity index (χ0n) is 9.53. The first-order valence-corrected chi connectivity index (χ1v) is 6.22. The van der Waals surface area contributed by atoms with Crippen molar-refractivity contribution in [2.75, 3.05) is 12.4 Å². The van der Waals surface area contributed by atoms with Gasteiger partial charge in [-0.25, -0.2) is 9.97 Å². The number of rotatable bonds is 5. The van der Waals surface area contributed by atoms with Gasteiger partial charge in [0.2, 0.25) is 0 Å². The first-order chi connectivity index (χ1) is 7.15. The highest BCUT2D eigenvalue weighted by Gasteiger charge is 2.04. The average molecular weight is 226 g/mol. The van der Waals surface area contributed by atoms with Gasteiger partial charge in [-0.1, -0.05) is 13.8 Å². The van der Waals surface area contributed by atoms with E-state index >= 15 is 0 Å². The molecule has 0 spiro atoms. The van der Waals surface area contributed by atoms with Crippen LogP contribution in [0.1, 0.15) is 25.4 Å². The van der Waals surface area contributed by atoms with Crippen LogP contribution in [0.25, 0.3) is 0 Å². The quantitative estimate of drug-likeness (QED) is 0.616. The Hall–Kier alpha value is -0.610. The Morgan fingerprint density at radius 3 is 2.80 bits per heavy atom. The molecule has 0 radical (unpaired) electrons. The summed E-state index contributed by atoms with van der Waals surface area (Å²) >= 11 is 1.69. The lowest BCUT2D eigenvalue weighted by atomic mass is 10.2. The van der Waals surface area contributed by atoms with Gasteiger partial charge in [0.05, 0.1) is 5.03 Å². The van der Waals surface area contributed by atoms with Crippen LogP contribution in [0.2, 0.25) is 0 Å². The van der Waals surface area contributed by atoms with E-state index in [-0.39, 0.29) is 6.61 Å². The normalized spacial score (nSPS) is 12.8. The zero-order chi connectivity index (χ0) is 11.3. The minimum absolute atomic E-state index is 0.234. The van der Waals surface area contributed by atoms with Crippen molar-refractivity contribution in [1.82, 2.24) is 9.97 Å². The SMILES string of the molecule is CCc1cc(SCC(C)CO)nc(C)n1. The smallest absolute Gasteiger partial charge is 0.126 e. The molecule has 0 fully saturated rings. The van der Waals surface area contributed by atoms with Crippen LogP contribution >= 0.6 is 11.8 Å². The Morgan fingerprint density at radius 2 is 2.20 bits per heavy atom. The molecule has 0 saturated heterocycles. The molecule has 0 aliphatic heterocycles. The molecule has 0 saturated carbocycles. The molecule has 0 aliphatic carbocycles. The van der Waals surface area contributed by atoms with Gasteiger partial charge in [0.25, 0.3) is 0 Å². The Bertz CT molecular complexity index is 317. The Morgan fingerprint density at radius 1 is 1.47 bits per heavy atom. The number of thioether (sulfide) groups is 1. The van der Waals surface area contributed by atoms with Crippen molar-refractivity contribution < 1.29 is 5.11 Å². The first-order valence-electron chi connectivity index (χ1n) is 5.24. The lowest BCUT2D eigenvalue weighted by Crippen LogP contribution is -2.04. The molecule has 1 aromatic rings. The largest absolute Gasteiger partial charge is 0.396 e. The van der Waals surface area contributed by atoms with E-state index in [4.69, 9.17) is 5.11 Å². The predicted octanol–water partition coefficient (Wildman–Crippen LogP) is 2.07. The van der Waals surface area contributed by atoms with Crippen LogP contribution in [0.3, 0.4) is 0 Å². The number of nitrogens with zero attached hydrogens (tertiary/aromatic N) is 2. The second-order valence-electron chi connectivity index (χ2n) is 3.70. The van der Waals surface area contributed by atoms with E-state index in [1.807, 2.05) is 19.9 Å². The molecule has 3 nitrogen and oxygen atoms in total. The summed E-state index contributed by atoms with van der Waals surface area (Å²) in [5.74, 6) is 2.04. The van der Waals surface area contributed by atoms with Crippen LogP contribution in [0, 0.1) is 12.8 Å². The van der Waals surface area contributed by atoms with Gasteiger partial charge >= 0.3 is 0 Å². The lowest BCUT2D eigenvalue weighted by Gasteiger charge is -2.07. The number of aliphatic hydroxyl groups is 1. The summed E-state index contributed by atoms with van der Waals surface area (Å²) in [5, 5.41) is 9.94. The highest BCUT2D eigenvalue weighted by Crippen LogP contribution is 2.19. The van der Waals surface area contributed by atoms with E-state index in [0.29, 0.717) is 5.92 Å². The third-order valence-corrected chi connectivity index (χ3v) is 3.30. The molecular formula is C11H18N2OS. The maximum absolute atomic E-state index is 8.92. The summed E-state index contributed by atoms with van der Waals surface area (Å²) < 4.78 is 0. The fourth-order valence-corrected chi connectivity index (χ4v) is 2.11. The van der Waals surface area contributed by atoms with Gasteiger partial charge in [-0.05, 0) is 25.3 Å². The van der Waals surface area contributed by atoms with Crippen molar-refractivity contribution in [1.29, 1.82) is 0 Å². The fourth-order valence-electron chi connectivity index (χ4n) is 1.13. The molecule has 1 N–H and O–H groups in total. The van der Waals surface area contributed by atoms with Gasteiger partial charge in [-0.15, -0.1) is 11.8 Å². The highest BCUT2D eigenvalue weighted by atomic mass is 32.2. The van der Waals surface area contributed by atoms with Crippen molar-refractivity contribution in [2.24, 2.45) is 5.92 Å². The monoisotopic (exact) mass is 226 g/mol. The van der Waals surface area contributed by atoms with Gasteiger partial charge in [-0.2, -0.15) is 0 Å². The van der Waals surface area contributed by atoms with Crippen LogP contribution in [-0.2, 0) is 6.42 Å². The molecule has 0 aliphatic rings. The van der Waals surface area contributed by atoms with Crippen molar-refractivity contribution in [2.45, 2.75) is 32.2 Å². The number of aliphatic hydroxyl groups excluding tert-OH is 1. The molecule has 1 aromatic heterocycles. The summed E-state index contributed by atoms with van der Waals surface area (Å²) in [6.07, 6.45) is 0.937. The van der Waals surface area contributed by atoms with Gasteiger partial charge in [-0.3, -0.25) is 0 Å². The van der Waals surface area contributed by atoms with Gasteiger partial charge in [0.1, 0.15) is 5.82 Å². The topological polar surface area (TPSA) is 46.0 Å². The molecule has 1 unspecified atom stereocenters. The summed E-state index contributed by atoms with van der Waals surface area (Å²) in [4.78, 5) is 8.68. The van der Waals surface area contributed by atoms with E-state index < -0.39 is 0 Å². The van der Waals surface area contributed by atoms with Gasteiger partial charge in [0, 0.05) is 18.1 Å². The number of hydrogen-bond donors (Lipinski definition) is 1. The first kappa shape index (κ1) is 12.5. The number of aryl methyl sites for hydroxylation is 2. The van der Waals surface area contributed by atoms with Crippen LogP contribution in [0.4, 0.5) is 0 Å². The molecule has 1 rings (SSSR count). The van der Waals surface area contributed by atoms with Gasteiger partial charge < -0.3 is 5.11 Å². The summed E-state index contributed by atoms with van der Waals surface area (Å²) in [6, 6.07) is 2.03. The van der Waals surface area contributed by atoms with Crippen LogP contribution in [0.5, 0.6) is 0 Å². The molecule has 84 valence electrons. The Labute approximate surface area is 95.3 Å². The summed E-state index contributed by atoms with van der Waals surface area (Å²) in [6.45, 7) is 6.27. The Balaban J connectivity index is 2.64. The van der Waals surface area contributed by atoms with Crippen molar-refractivity contribution in [3.8, 4) is 0 Å². The van der Waals surface area contributed by atoms with E-state index in [1.54, 1.807) is 11.8 Å². The summed E-state index contributed by atoms with van der Waals surface area (Å²) in [7, 11) is 0. The molecule has 1 heterocycles. The number of hydrogen-bond acceptors (Lipinski definition) is 4. The van der Waals surface area contributed by atoms with Crippen molar-refractivity contribution >= 4 is 11.8 Å². The average Bonchev–Trinajstić information content (AvgIpc) is 2.25. The molecule has 0 amide bonds. The van der Waals surface area contributed by atoms with Crippen molar-refractivity contribution in [3.05, 3.63) is 17.6 Å². The second kappa shape index (κ2) is 6.08. The predicted molar refractivity (Wildman–Crippen MR) is 63.1 cm³/mol. The fraction of sp³-hybridized carbons (Fsp3) is 0.636. The molecule has 0 aromatic carbocycles. The molecule has 4 heteroatoms. The lowest BCUT2D eigenvalue weighted by molar-refractivity contribution is 0.250. The molecule has 15 heavy (non-hydrogen) atoms. The van der Waals surface area contributed by atoms with Gasteiger partial charge in [0.15, 0.2) is 0 Å². The minimum Gasteiger partial charge on any atom is -0.396 e. The van der Waals surface area contributed by atoms with E-state index in [2.05, 4.69) is 16.9 Å². The maximum Gasteiger partial charge on any atom is 0.126 e. The highest BCUT2D eigenvalue weighted by molar-refractivity contribution is 7.99. The molecular weight excluding hydrogens is 208 g/mol. The van der Waals surface area contributed by atoms with Crippen molar-refractivity contribution in [3.63, 3.8) is 0 Å². The van der Waals surface area contributed by atoms with Crippen LogP contribution < -0.4 is 0 Å². The second-order valence-corrected chi connectivity index (χ2v) is 4.74. The maximum atomic E-state index is 8.92. The van der Waals surface area contributed by atoms with E-state index in [1.165, 1.54) is 0 Å². The minimum atomic E-state index is 0.234. The molecule has 1 atom stereocenters. The molecule has 0 bridgehead atoms. The van der Waals surface area contributed by atoms with E-state index in [0.717, 1.165) is 28.7 Å². The third kappa shape index (κ3) is 4.18. The number of aromatic nitrogens is 2. The standard InChI is InChI=1S/C11H18N2OS/c1-4-10-5-11(13-9(3)12-10)15-7-8(2)6-14/h5,8,14H,4,6-7H2,1-3H3.